The van der Waals surface area contributed by atoms with Crippen molar-refractivity contribution in [1.29, 1.82) is 0 Å². The summed E-state index contributed by atoms with van der Waals surface area (Å²) in [6.07, 6.45) is -0.546. The number of alkyl halides is 3. The normalized spacial score (nSPS) is 13.8. The molecule has 0 spiro atoms. The molecule has 1 heterocycles. The van der Waals surface area contributed by atoms with Crippen LogP contribution in [0.25, 0.3) is 0 Å². The summed E-state index contributed by atoms with van der Waals surface area (Å²) >= 11 is -2.37. The molecule has 0 aliphatic rings. The Labute approximate surface area is 137 Å². The first-order chi connectivity index (χ1) is 11.2. The van der Waals surface area contributed by atoms with E-state index in [1.807, 2.05) is 0 Å². The van der Waals surface area contributed by atoms with Crippen LogP contribution in [0.15, 0.2) is 40.6 Å². The van der Waals surface area contributed by atoms with Crippen molar-refractivity contribution in [3.8, 4) is 0 Å². The van der Waals surface area contributed by atoms with Gasteiger partial charge in [-0.3, -0.25) is 4.98 Å². The summed E-state index contributed by atoms with van der Waals surface area (Å²) in [7, 11) is 0. The molecule has 0 saturated heterocycles. The number of aliphatic imine (C=N–C) groups is 1. The van der Waals surface area contributed by atoms with E-state index in [-0.39, 0.29) is 27.7 Å². The second kappa shape index (κ2) is 7.14. The number of nitrogens with two attached hydrogens (primary N) is 1. The van der Waals surface area contributed by atoms with Crippen LogP contribution in [0.3, 0.4) is 0 Å². The Morgan fingerprint density at radius 2 is 2.04 bits per heavy atom. The molecule has 5 nitrogen and oxygen atoms in total. The molecule has 128 valence electrons. The molecular weight excluding hydrogens is 348 g/mol. The van der Waals surface area contributed by atoms with Gasteiger partial charge in [0.2, 0.25) is 5.75 Å². The van der Waals surface area contributed by atoms with Crippen LogP contribution < -0.4 is 5.73 Å². The molecule has 1 aromatic heterocycles. The van der Waals surface area contributed by atoms with Gasteiger partial charge in [-0.15, -0.1) is 0 Å². The van der Waals surface area contributed by atoms with Crippen molar-refractivity contribution < 1.29 is 22.1 Å². The van der Waals surface area contributed by atoms with E-state index in [2.05, 4.69) is 15.0 Å². The Morgan fingerprint density at radius 3 is 2.62 bits per heavy atom. The van der Waals surface area contributed by atoms with Gasteiger partial charge in [-0.25, -0.2) is 14.4 Å². The summed E-state index contributed by atoms with van der Waals surface area (Å²) in [4.78, 5) is 11.3. The Hall–Kier alpha value is -2.20. The summed E-state index contributed by atoms with van der Waals surface area (Å²) in [5.74, 6) is -2.49. The van der Waals surface area contributed by atoms with Crippen LogP contribution in [-0.2, 0) is 11.2 Å². The van der Waals surface area contributed by atoms with E-state index in [0.717, 1.165) is 12.1 Å². The van der Waals surface area contributed by atoms with Crippen molar-refractivity contribution in [2.45, 2.75) is 18.0 Å². The van der Waals surface area contributed by atoms with Crippen molar-refractivity contribution in [3.63, 3.8) is 0 Å². The smallest absolute Gasteiger partial charge is 0.433 e. The van der Waals surface area contributed by atoms with Crippen LogP contribution >= 0.6 is 0 Å². The summed E-state index contributed by atoms with van der Waals surface area (Å²) in [5, 5.41) is 0. The Kier molecular flexibility index (Phi) is 5.40. The fourth-order valence-corrected chi connectivity index (χ4v) is 2.93. The number of rotatable bonds is 4. The van der Waals surface area contributed by atoms with Crippen LogP contribution in [0, 0.1) is 12.7 Å². The molecule has 0 fully saturated rings. The predicted octanol–water partition coefficient (Wildman–Crippen LogP) is 2.63. The first-order valence-electron chi connectivity index (χ1n) is 6.53. The minimum atomic E-state index is -4.60. The lowest BCUT2D eigenvalue weighted by Gasteiger charge is -2.15. The van der Waals surface area contributed by atoms with Gasteiger partial charge in [0.25, 0.3) is 0 Å². The fourth-order valence-electron chi connectivity index (χ4n) is 1.82. The standard InChI is InChI=1S/C14H12F4N4OS/c1-8-4-9(15)10(5-12(8)24(23)7-14(16,17)18)22-13(19)11-6-20-2-3-21-11/h2-6H,7H2,1H3,(H2,19,22). The number of benzene rings is 1. The van der Waals surface area contributed by atoms with Crippen LogP contribution in [0.4, 0.5) is 23.2 Å². The van der Waals surface area contributed by atoms with Crippen molar-refractivity contribution in [1.82, 2.24) is 9.97 Å². The summed E-state index contributed by atoms with van der Waals surface area (Å²) < 4.78 is 63.1. The Bertz CT molecular complexity index is 752. The Morgan fingerprint density at radius 1 is 1.33 bits per heavy atom. The number of nitrogens with zero attached hydrogens (tertiary/aromatic N) is 3. The van der Waals surface area contributed by atoms with Gasteiger partial charge in [-0.05, 0) is 24.2 Å². The molecule has 2 rings (SSSR count). The molecule has 24 heavy (non-hydrogen) atoms. The Balaban J connectivity index is 2.39. The van der Waals surface area contributed by atoms with Crippen molar-refractivity contribution in [2.75, 3.05) is 5.75 Å². The fraction of sp³-hybridized carbons (Fsp3) is 0.214. The maximum absolute atomic E-state index is 14.0. The van der Waals surface area contributed by atoms with Crippen molar-refractivity contribution >= 4 is 22.7 Å². The molecule has 0 amide bonds. The van der Waals surface area contributed by atoms with Crippen molar-refractivity contribution in [3.05, 3.63) is 47.8 Å². The van der Waals surface area contributed by atoms with Gasteiger partial charge in [-0.1, -0.05) is 0 Å². The number of amidine groups is 1. The third-order valence-corrected chi connectivity index (χ3v) is 4.37. The van der Waals surface area contributed by atoms with E-state index in [9.17, 15) is 22.1 Å². The van der Waals surface area contributed by atoms with E-state index in [4.69, 9.17) is 5.73 Å². The molecule has 2 aromatic rings. The largest absolute Gasteiger partial charge is 0.611 e. The molecule has 1 aromatic carbocycles. The number of halogens is 4. The maximum atomic E-state index is 14.0. The molecule has 0 bridgehead atoms. The third kappa shape index (κ3) is 4.65. The first-order valence-corrected chi connectivity index (χ1v) is 7.85. The molecule has 0 radical (unpaired) electrons. The number of aryl methyl sites for hydroxylation is 1. The highest BCUT2D eigenvalue weighted by molar-refractivity contribution is 7.91. The molecule has 0 aliphatic heterocycles. The quantitative estimate of drug-likeness (QED) is 0.393. The van der Waals surface area contributed by atoms with Gasteiger partial charge in [0.1, 0.15) is 17.2 Å². The van der Waals surface area contributed by atoms with E-state index in [0.29, 0.717) is 0 Å². The van der Waals surface area contributed by atoms with Gasteiger partial charge in [-0.2, -0.15) is 13.2 Å². The third-order valence-electron chi connectivity index (χ3n) is 2.85. The minimum Gasteiger partial charge on any atom is -0.611 e. The summed E-state index contributed by atoms with van der Waals surface area (Å²) in [6, 6.07) is 1.96. The van der Waals surface area contributed by atoms with Gasteiger partial charge in [0.05, 0.1) is 6.20 Å². The maximum Gasteiger partial charge on any atom is 0.433 e. The molecule has 0 saturated carbocycles. The molecule has 0 aliphatic carbocycles. The highest BCUT2D eigenvalue weighted by Gasteiger charge is 2.36. The van der Waals surface area contributed by atoms with E-state index < -0.39 is 28.9 Å². The monoisotopic (exact) mass is 360 g/mol. The van der Waals surface area contributed by atoms with Gasteiger partial charge in [0, 0.05) is 24.0 Å². The highest BCUT2D eigenvalue weighted by atomic mass is 32.2. The van der Waals surface area contributed by atoms with Crippen LogP contribution in [0.5, 0.6) is 0 Å². The predicted molar refractivity (Wildman–Crippen MR) is 80.9 cm³/mol. The first kappa shape index (κ1) is 18.1. The molecule has 2 N–H and O–H groups in total. The van der Waals surface area contributed by atoms with Crippen molar-refractivity contribution in [2.24, 2.45) is 10.7 Å². The molecule has 1 unspecified atom stereocenters. The summed E-state index contributed by atoms with van der Waals surface area (Å²) in [5.41, 5.74) is 5.67. The zero-order valence-electron chi connectivity index (χ0n) is 12.3. The number of hydrogen-bond donors (Lipinski definition) is 1. The van der Waals surface area contributed by atoms with Gasteiger partial charge < -0.3 is 10.3 Å². The lowest BCUT2D eigenvalue weighted by molar-refractivity contribution is -0.106. The zero-order valence-corrected chi connectivity index (χ0v) is 13.2. The molecule has 1 atom stereocenters. The zero-order chi connectivity index (χ0) is 17.9. The molecular formula is C14H12F4N4OS. The second-order valence-electron chi connectivity index (χ2n) is 4.76. The minimum absolute atomic E-state index is 0.132. The van der Waals surface area contributed by atoms with Gasteiger partial charge >= 0.3 is 6.18 Å². The SMILES string of the molecule is Cc1cc(F)c(/N=C(\N)c2cnccn2)cc1[S+]([O-])CC(F)(F)F. The molecule has 10 heteroatoms. The van der Waals surface area contributed by atoms with Crippen LogP contribution in [0.2, 0.25) is 0 Å². The highest BCUT2D eigenvalue weighted by Crippen LogP contribution is 2.29. The topological polar surface area (TPSA) is 87.2 Å². The van der Waals surface area contributed by atoms with E-state index in [1.54, 1.807) is 0 Å². The number of hydrogen-bond acceptors (Lipinski definition) is 4. The lowest BCUT2D eigenvalue weighted by Crippen LogP contribution is -2.23. The lowest BCUT2D eigenvalue weighted by atomic mass is 10.2. The van der Waals surface area contributed by atoms with E-state index >= 15 is 0 Å². The average Bonchev–Trinajstić information content (AvgIpc) is 2.49. The van der Waals surface area contributed by atoms with Crippen LogP contribution in [-0.4, -0.2) is 32.3 Å². The van der Waals surface area contributed by atoms with Gasteiger partial charge in [0.15, 0.2) is 10.7 Å². The second-order valence-corrected chi connectivity index (χ2v) is 6.18. The average molecular weight is 360 g/mol. The van der Waals surface area contributed by atoms with Crippen LogP contribution in [0.1, 0.15) is 11.3 Å². The van der Waals surface area contributed by atoms with E-state index in [1.165, 1.54) is 25.5 Å². The number of aromatic nitrogens is 2. The summed E-state index contributed by atoms with van der Waals surface area (Å²) in [6.45, 7) is 1.37.